The number of aromatic hydroxyl groups is 1. The lowest BCUT2D eigenvalue weighted by atomic mass is 10.1. The molecule has 0 aliphatic carbocycles. The fourth-order valence-corrected chi connectivity index (χ4v) is 1.80. The summed E-state index contributed by atoms with van der Waals surface area (Å²) in [6.07, 6.45) is 3.25. The Balaban J connectivity index is 2.30. The maximum Gasteiger partial charge on any atom is 0.193 e. The normalized spacial score (nSPS) is 10.7. The van der Waals surface area contributed by atoms with E-state index >= 15 is 0 Å². The molecule has 0 aliphatic rings. The van der Waals surface area contributed by atoms with E-state index in [0.717, 1.165) is 5.56 Å². The summed E-state index contributed by atoms with van der Waals surface area (Å²) in [5.41, 5.74) is 1.00. The SMILES string of the molecule is O=c1cc(-c2ccncc2)oc2cc(O)ccc12. The molecule has 0 saturated heterocycles. The van der Waals surface area contributed by atoms with Gasteiger partial charge in [0, 0.05) is 30.1 Å². The van der Waals surface area contributed by atoms with Crippen LogP contribution < -0.4 is 5.43 Å². The number of phenolic OH excluding ortho intramolecular Hbond substituents is 1. The Kier molecular flexibility index (Phi) is 2.34. The lowest BCUT2D eigenvalue weighted by Gasteiger charge is -2.03. The number of fused-ring (bicyclic) bond motifs is 1. The predicted molar refractivity (Wildman–Crippen MR) is 67.4 cm³/mol. The van der Waals surface area contributed by atoms with Gasteiger partial charge in [0.05, 0.1) is 5.39 Å². The molecule has 0 radical (unpaired) electrons. The highest BCUT2D eigenvalue weighted by Crippen LogP contribution is 2.23. The third kappa shape index (κ3) is 1.73. The fraction of sp³-hybridized carbons (Fsp3) is 0. The smallest absolute Gasteiger partial charge is 0.193 e. The van der Waals surface area contributed by atoms with Crippen molar-refractivity contribution in [1.29, 1.82) is 0 Å². The maximum atomic E-state index is 11.9. The van der Waals surface area contributed by atoms with Crippen LogP contribution in [0.5, 0.6) is 5.75 Å². The molecular weight excluding hydrogens is 230 g/mol. The highest BCUT2D eigenvalue weighted by Gasteiger charge is 2.07. The summed E-state index contributed by atoms with van der Waals surface area (Å²) in [5, 5.41) is 9.86. The van der Waals surface area contributed by atoms with E-state index in [0.29, 0.717) is 16.7 Å². The Morgan fingerprint density at radius 2 is 1.83 bits per heavy atom. The number of pyridine rings is 1. The van der Waals surface area contributed by atoms with E-state index in [1.807, 2.05) is 0 Å². The van der Waals surface area contributed by atoms with Crippen molar-refractivity contribution in [2.45, 2.75) is 0 Å². The quantitative estimate of drug-likeness (QED) is 0.708. The summed E-state index contributed by atoms with van der Waals surface area (Å²) in [6, 6.07) is 9.40. The molecule has 88 valence electrons. The van der Waals surface area contributed by atoms with Gasteiger partial charge in [-0.15, -0.1) is 0 Å². The van der Waals surface area contributed by atoms with E-state index < -0.39 is 0 Å². The number of phenols is 1. The summed E-state index contributed by atoms with van der Waals surface area (Å²) in [5.74, 6) is 0.526. The molecule has 4 heteroatoms. The molecule has 0 unspecified atom stereocenters. The average Bonchev–Trinajstić information content (AvgIpc) is 2.39. The first-order valence-corrected chi connectivity index (χ1v) is 5.41. The second-order valence-corrected chi connectivity index (χ2v) is 3.89. The van der Waals surface area contributed by atoms with Crippen molar-refractivity contribution in [3.63, 3.8) is 0 Å². The predicted octanol–water partition coefficient (Wildman–Crippen LogP) is 2.56. The number of benzene rings is 1. The first-order valence-electron chi connectivity index (χ1n) is 5.41. The van der Waals surface area contributed by atoms with Gasteiger partial charge >= 0.3 is 0 Å². The van der Waals surface area contributed by atoms with E-state index in [1.54, 1.807) is 30.6 Å². The minimum absolute atomic E-state index is 0.0672. The van der Waals surface area contributed by atoms with Crippen LogP contribution in [0.1, 0.15) is 0 Å². The molecule has 0 bridgehead atoms. The zero-order valence-electron chi connectivity index (χ0n) is 9.33. The van der Waals surface area contributed by atoms with Crippen molar-refractivity contribution in [3.8, 4) is 17.1 Å². The van der Waals surface area contributed by atoms with Crippen LogP contribution in [0.25, 0.3) is 22.3 Å². The highest BCUT2D eigenvalue weighted by atomic mass is 16.3. The third-order valence-corrected chi connectivity index (χ3v) is 2.68. The molecule has 18 heavy (non-hydrogen) atoms. The average molecular weight is 239 g/mol. The van der Waals surface area contributed by atoms with Crippen LogP contribution >= 0.6 is 0 Å². The largest absolute Gasteiger partial charge is 0.508 e. The zero-order valence-corrected chi connectivity index (χ0v) is 9.33. The molecule has 2 aromatic heterocycles. The monoisotopic (exact) mass is 239 g/mol. The molecule has 2 heterocycles. The summed E-state index contributed by atoms with van der Waals surface area (Å²) < 4.78 is 5.62. The number of nitrogens with zero attached hydrogens (tertiary/aromatic N) is 1. The van der Waals surface area contributed by atoms with Gasteiger partial charge < -0.3 is 9.52 Å². The van der Waals surface area contributed by atoms with Crippen LogP contribution in [0, 0.1) is 0 Å². The molecule has 3 rings (SSSR count). The molecule has 1 aromatic carbocycles. The van der Waals surface area contributed by atoms with E-state index in [2.05, 4.69) is 4.98 Å². The summed E-state index contributed by atoms with van der Waals surface area (Å²) in [4.78, 5) is 15.8. The zero-order chi connectivity index (χ0) is 12.5. The fourth-order valence-electron chi connectivity index (χ4n) is 1.80. The van der Waals surface area contributed by atoms with Crippen LogP contribution in [0.2, 0.25) is 0 Å². The van der Waals surface area contributed by atoms with Gasteiger partial charge in [-0.2, -0.15) is 0 Å². The molecule has 4 nitrogen and oxygen atoms in total. The number of aromatic nitrogens is 1. The molecule has 1 N–H and O–H groups in total. The van der Waals surface area contributed by atoms with Crippen LogP contribution in [0.15, 0.2) is 58.0 Å². The van der Waals surface area contributed by atoms with Crippen molar-refractivity contribution in [2.75, 3.05) is 0 Å². The second-order valence-electron chi connectivity index (χ2n) is 3.89. The number of rotatable bonds is 1. The van der Waals surface area contributed by atoms with Crippen molar-refractivity contribution in [3.05, 3.63) is 59.0 Å². The highest BCUT2D eigenvalue weighted by molar-refractivity contribution is 5.79. The van der Waals surface area contributed by atoms with Gasteiger partial charge in [-0.3, -0.25) is 9.78 Å². The minimum atomic E-state index is -0.136. The van der Waals surface area contributed by atoms with Gasteiger partial charge in [-0.1, -0.05) is 0 Å². The van der Waals surface area contributed by atoms with Gasteiger partial charge in [-0.25, -0.2) is 0 Å². The van der Waals surface area contributed by atoms with Gasteiger partial charge in [-0.05, 0) is 24.3 Å². The van der Waals surface area contributed by atoms with E-state index in [-0.39, 0.29) is 11.2 Å². The van der Waals surface area contributed by atoms with Gasteiger partial charge in [0.1, 0.15) is 17.1 Å². The van der Waals surface area contributed by atoms with Crippen LogP contribution in [-0.2, 0) is 0 Å². The Hall–Kier alpha value is -2.62. The molecule has 0 saturated carbocycles. The van der Waals surface area contributed by atoms with Gasteiger partial charge in [0.15, 0.2) is 5.43 Å². The molecule has 0 amide bonds. The molecule has 0 aliphatic heterocycles. The van der Waals surface area contributed by atoms with Crippen molar-refractivity contribution < 1.29 is 9.52 Å². The molecule has 0 fully saturated rings. The maximum absolute atomic E-state index is 11.9. The topological polar surface area (TPSA) is 63.3 Å². The molecule has 3 aromatic rings. The Bertz CT molecular complexity index is 763. The standard InChI is InChI=1S/C14H9NO3/c16-10-1-2-11-12(17)8-13(18-14(11)7-10)9-3-5-15-6-4-9/h1-8,16H. The lowest BCUT2D eigenvalue weighted by molar-refractivity contribution is 0.474. The van der Waals surface area contributed by atoms with Gasteiger partial charge in [0.25, 0.3) is 0 Å². The van der Waals surface area contributed by atoms with Crippen LogP contribution in [0.3, 0.4) is 0 Å². The summed E-state index contributed by atoms with van der Waals surface area (Å²) in [7, 11) is 0. The third-order valence-electron chi connectivity index (χ3n) is 2.68. The van der Waals surface area contributed by atoms with E-state index in [1.165, 1.54) is 18.2 Å². The van der Waals surface area contributed by atoms with Gasteiger partial charge in [0.2, 0.25) is 0 Å². The summed E-state index contributed by atoms with van der Waals surface area (Å²) >= 11 is 0. The molecule has 0 spiro atoms. The second kappa shape index (κ2) is 4.00. The van der Waals surface area contributed by atoms with Crippen LogP contribution in [0.4, 0.5) is 0 Å². The first-order chi connectivity index (χ1) is 8.74. The minimum Gasteiger partial charge on any atom is -0.508 e. The van der Waals surface area contributed by atoms with Crippen LogP contribution in [-0.4, -0.2) is 10.1 Å². The lowest BCUT2D eigenvalue weighted by Crippen LogP contribution is -1.99. The molecular formula is C14H9NO3. The van der Waals surface area contributed by atoms with E-state index in [4.69, 9.17) is 4.42 Å². The Morgan fingerprint density at radius 1 is 1.06 bits per heavy atom. The first kappa shape index (κ1) is 10.5. The van der Waals surface area contributed by atoms with Crippen molar-refractivity contribution in [1.82, 2.24) is 4.98 Å². The Morgan fingerprint density at radius 3 is 2.61 bits per heavy atom. The number of hydrogen-bond donors (Lipinski definition) is 1. The number of hydrogen-bond acceptors (Lipinski definition) is 4. The van der Waals surface area contributed by atoms with Crippen molar-refractivity contribution >= 4 is 11.0 Å². The Labute approximate surface area is 102 Å². The molecule has 0 atom stereocenters. The van der Waals surface area contributed by atoms with Crippen molar-refractivity contribution in [2.24, 2.45) is 0 Å². The summed E-state index contributed by atoms with van der Waals surface area (Å²) in [6.45, 7) is 0. The van der Waals surface area contributed by atoms with E-state index in [9.17, 15) is 9.90 Å².